The van der Waals surface area contributed by atoms with E-state index in [0.29, 0.717) is 5.92 Å². The minimum atomic E-state index is -0.978. The van der Waals surface area contributed by atoms with Gasteiger partial charge in [-0.3, -0.25) is 9.59 Å². The van der Waals surface area contributed by atoms with Crippen LogP contribution in [-0.4, -0.2) is 10.9 Å². The molecule has 0 saturated heterocycles. The number of carbonyl (C=O) groups is 1. The second kappa shape index (κ2) is 6.06. The molecule has 1 aromatic heterocycles. The largest absolute Gasteiger partial charge is 0.343 e. The van der Waals surface area contributed by atoms with E-state index < -0.39 is 17.3 Å². The average Bonchev–Trinajstić information content (AvgIpc) is 3.33. The summed E-state index contributed by atoms with van der Waals surface area (Å²) in [5, 5.41) is 2.78. The quantitative estimate of drug-likeness (QED) is 0.884. The molecule has 4 nitrogen and oxygen atoms in total. The monoisotopic (exact) mass is 348 g/mol. The van der Waals surface area contributed by atoms with Crippen molar-refractivity contribution in [1.29, 1.82) is 0 Å². The van der Waals surface area contributed by atoms with Gasteiger partial charge >= 0.3 is 0 Å². The van der Waals surface area contributed by atoms with E-state index >= 15 is 0 Å². The van der Waals surface area contributed by atoms with Gasteiger partial charge in [0.25, 0.3) is 5.91 Å². The van der Waals surface area contributed by atoms with Crippen LogP contribution in [0.15, 0.2) is 35.1 Å². The minimum absolute atomic E-state index is 0.00185. The van der Waals surface area contributed by atoms with Gasteiger partial charge in [-0.25, -0.2) is 4.39 Å². The van der Waals surface area contributed by atoms with Crippen molar-refractivity contribution in [3.05, 3.63) is 68.3 Å². The Morgan fingerprint density at radius 2 is 2.04 bits per heavy atom. The molecular weight excluding hydrogens is 331 g/mol. The minimum Gasteiger partial charge on any atom is -0.343 e. The van der Waals surface area contributed by atoms with E-state index in [2.05, 4.69) is 10.3 Å². The van der Waals surface area contributed by atoms with Gasteiger partial charge in [0, 0.05) is 22.9 Å². The van der Waals surface area contributed by atoms with Crippen molar-refractivity contribution in [3.8, 4) is 0 Å². The predicted molar refractivity (Wildman–Crippen MR) is 90.9 cm³/mol. The average molecular weight is 349 g/mol. The molecule has 24 heavy (non-hydrogen) atoms. The van der Waals surface area contributed by atoms with Crippen LogP contribution < -0.4 is 10.9 Å². The van der Waals surface area contributed by atoms with E-state index in [1.54, 1.807) is 32.0 Å². The Morgan fingerprint density at radius 1 is 1.33 bits per heavy atom. The summed E-state index contributed by atoms with van der Waals surface area (Å²) in [5.74, 6) is -0.662. The molecule has 1 aliphatic carbocycles. The number of aromatic amines is 1. The fourth-order valence-electron chi connectivity index (χ4n) is 2.72. The van der Waals surface area contributed by atoms with Gasteiger partial charge < -0.3 is 10.3 Å². The zero-order chi connectivity index (χ0) is 17.5. The fraction of sp³-hybridized carbons (Fsp3) is 0.333. The number of pyridine rings is 1. The topological polar surface area (TPSA) is 62.0 Å². The first-order valence-corrected chi connectivity index (χ1v) is 8.17. The number of halogens is 2. The van der Waals surface area contributed by atoms with Crippen molar-refractivity contribution < 1.29 is 9.18 Å². The molecule has 0 unspecified atom stereocenters. The van der Waals surface area contributed by atoms with Crippen molar-refractivity contribution in [3.63, 3.8) is 0 Å². The van der Waals surface area contributed by atoms with Gasteiger partial charge in [-0.15, -0.1) is 0 Å². The summed E-state index contributed by atoms with van der Waals surface area (Å²) in [7, 11) is 0. The SMILES string of the molecule is CC(C)(NC(=O)c1cc(C2CC2)[nH]c(=O)c1)c1cccc(Cl)c1F. The van der Waals surface area contributed by atoms with Crippen LogP contribution in [0.25, 0.3) is 0 Å². The zero-order valence-corrected chi connectivity index (χ0v) is 14.2. The molecule has 1 fully saturated rings. The third kappa shape index (κ3) is 3.36. The van der Waals surface area contributed by atoms with Crippen LogP contribution in [-0.2, 0) is 5.54 Å². The van der Waals surface area contributed by atoms with E-state index in [9.17, 15) is 14.0 Å². The molecule has 126 valence electrons. The molecule has 2 N–H and O–H groups in total. The first-order valence-electron chi connectivity index (χ1n) is 7.79. The summed E-state index contributed by atoms with van der Waals surface area (Å²) in [6, 6.07) is 7.61. The number of H-pyrrole nitrogens is 1. The molecule has 1 saturated carbocycles. The first-order chi connectivity index (χ1) is 11.3. The van der Waals surface area contributed by atoms with Crippen LogP contribution in [0.3, 0.4) is 0 Å². The van der Waals surface area contributed by atoms with Gasteiger partial charge in [-0.05, 0) is 44.7 Å². The number of carbonyl (C=O) groups excluding carboxylic acids is 1. The van der Waals surface area contributed by atoms with E-state index in [-0.39, 0.29) is 21.7 Å². The standard InChI is InChI=1S/C18H18ClFN2O2/c1-18(2,12-4-3-5-13(19)16(12)20)22-17(24)11-8-14(10-6-7-10)21-15(23)9-11/h3-5,8-10H,6-7H2,1-2H3,(H,21,23)(H,22,24). The highest BCUT2D eigenvalue weighted by molar-refractivity contribution is 6.30. The lowest BCUT2D eigenvalue weighted by molar-refractivity contribution is 0.0910. The summed E-state index contributed by atoms with van der Waals surface area (Å²) < 4.78 is 14.3. The maximum atomic E-state index is 14.3. The summed E-state index contributed by atoms with van der Waals surface area (Å²) in [4.78, 5) is 27.1. The normalized spacial score (nSPS) is 14.5. The van der Waals surface area contributed by atoms with Crippen LogP contribution in [0.4, 0.5) is 4.39 Å². The van der Waals surface area contributed by atoms with Crippen molar-refractivity contribution in [2.75, 3.05) is 0 Å². The molecular formula is C18H18ClFN2O2. The molecule has 1 amide bonds. The molecule has 0 spiro atoms. The number of aromatic nitrogens is 1. The zero-order valence-electron chi connectivity index (χ0n) is 13.5. The van der Waals surface area contributed by atoms with Gasteiger partial charge in [-0.1, -0.05) is 23.7 Å². The smallest absolute Gasteiger partial charge is 0.252 e. The Hall–Kier alpha value is -2.14. The van der Waals surface area contributed by atoms with Gasteiger partial charge in [0.15, 0.2) is 0 Å². The number of rotatable bonds is 4. The van der Waals surface area contributed by atoms with Gasteiger partial charge in [0.1, 0.15) is 5.82 Å². The Balaban J connectivity index is 1.88. The van der Waals surface area contributed by atoms with Crippen molar-refractivity contribution in [2.45, 2.75) is 38.1 Å². The van der Waals surface area contributed by atoms with Crippen molar-refractivity contribution in [1.82, 2.24) is 10.3 Å². The number of benzene rings is 1. The molecule has 3 rings (SSSR count). The lowest BCUT2D eigenvalue weighted by Gasteiger charge is -2.27. The number of hydrogen-bond acceptors (Lipinski definition) is 2. The lowest BCUT2D eigenvalue weighted by atomic mass is 9.93. The van der Waals surface area contributed by atoms with Crippen LogP contribution in [0.1, 0.15) is 54.2 Å². The summed E-state index contributed by atoms with van der Waals surface area (Å²) in [6.07, 6.45) is 2.03. The Morgan fingerprint density at radius 3 is 2.71 bits per heavy atom. The van der Waals surface area contributed by atoms with E-state index in [1.807, 2.05) is 0 Å². The second-order valence-corrected chi connectivity index (χ2v) is 7.05. The summed E-state index contributed by atoms with van der Waals surface area (Å²) >= 11 is 5.82. The van der Waals surface area contributed by atoms with Gasteiger partial charge in [-0.2, -0.15) is 0 Å². The van der Waals surface area contributed by atoms with Gasteiger partial charge in [0.05, 0.1) is 10.6 Å². The lowest BCUT2D eigenvalue weighted by Crippen LogP contribution is -2.42. The Labute approximate surface area is 144 Å². The van der Waals surface area contributed by atoms with Crippen LogP contribution in [0, 0.1) is 5.82 Å². The van der Waals surface area contributed by atoms with Gasteiger partial charge in [0.2, 0.25) is 5.56 Å². The maximum absolute atomic E-state index is 14.3. The maximum Gasteiger partial charge on any atom is 0.252 e. The van der Waals surface area contributed by atoms with E-state index in [4.69, 9.17) is 11.6 Å². The molecule has 1 aromatic carbocycles. The molecule has 1 heterocycles. The number of nitrogens with one attached hydrogen (secondary N) is 2. The Bertz CT molecular complexity index is 856. The first kappa shape index (κ1) is 16.7. The molecule has 0 atom stereocenters. The fourth-order valence-corrected chi connectivity index (χ4v) is 2.89. The number of hydrogen-bond donors (Lipinski definition) is 2. The molecule has 2 aromatic rings. The van der Waals surface area contributed by atoms with Crippen LogP contribution in [0.5, 0.6) is 0 Å². The summed E-state index contributed by atoms with van der Waals surface area (Å²) in [5.41, 5.74) is 0.0523. The number of amides is 1. The predicted octanol–water partition coefficient (Wildman–Crippen LogP) is 3.71. The second-order valence-electron chi connectivity index (χ2n) is 6.64. The molecule has 0 bridgehead atoms. The van der Waals surface area contributed by atoms with Crippen molar-refractivity contribution >= 4 is 17.5 Å². The van der Waals surface area contributed by atoms with E-state index in [1.165, 1.54) is 12.1 Å². The third-order valence-corrected chi connectivity index (χ3v) is 4.49. The highest BCUT2D eigenvalue weighted by Crippen LogP contribution is 2.38. The third-order valence-electron chi connectivity index (χ3n) is 4.20. The van der Waals surface area contributed by atoms with Crippen LogP contribution >= 0.6 is 11.6 Å². The highest BCUT2D eigenvalue weighted by Gasteiger charge is 2.29. The Kier molecular flexibility index (Phi) is 4.22. The van der Waals surface area contributed by atoms with Crippen molar-refractivity contribution in [2.24, 2.45) is 0 Å². The molecule has 6 heteroatoms. The summed E-state index contributed by atoms with van der Waals surface area (Å²) in [6.45, 7) is 3.38. The molecule has 1 aliphatic rings. The van der Waals surface area contributed by atoms with E-state index in [0.717, 1.165) is 18.5 Å². The molecule has 0 radical (unpaired) electrons. The molecule has 0 aliphatic heterocycles. The van der Waals surface area contributed by atoms with Crippen LogP contribution in [0.2, 0.25) is 5.02 Å². The highest BCUT2D eigenvalue weighted by atomic mass is 35.5.